The standard InChI is InChI=1S/C21H20FN3OS/c22-17-12-10-15(11-13-17)19(26)7-4-14-27-21-24-23-20(16-8-9-16)25(21)18-5-2-1-3-6-18/h1-3,5-6,10-13,16H,4,7-9,14H2. The van der Waals surface area contributed by atoms with E-state index in [0.29, 0.717) is 17.9 Å². The van der Waals surface area contributed by atoms with Crippen molar-refractivity contribution in [3.05, 3.63) is 71.8 Å². The fourth-order valence-electron chi connectivity index (χ4n) is 2.98. The Kier molecular flexibility index (Phi) is 5.34. The van der Waals surface area contributed by atoms with Gasteiger partial charge in [0.2, 0.25) is 0 Å². The van der Waals surface area contributed by atoms with Crippen molar-refractivity contribution in [2.24, 2.45) is 0 Å². The van der Waals surface area contributed by atoms with Gasteiger partial charge in [0.05, 0.1) is 0 Å². The van der Waals surface area contributed by atoms with Gasteiger partial charge in [-0.2, -0.15) is 0 Å². The molecule has 3 aromatic rings. The Labute approximate surface area is 161 Å². The molecule has 27 heavy (non-hydrogen) atoms. The van der Waals surface area contributed by atoms with Crippen LogP contribution in [0.15, 0.2) is 59.8 Å². The topological polar surface area (TPSA) is 47.8 Å². The van der Waals surface area contributed by atoms with E-state index >= 15 is 0 Å². The van der Waals surface area contributed by atoms with Crippen molar-refractivity contribution in [2.75, 3.05) is 5.75 Å². The summed E-state index contributed by atoms with van der Waals surface area (Å²) in [4.78, 5) is 12.2. The zero-order chi connectivity index (χ0) is 18.6. The number of nitrogens with zero attached hydrogens (tertiary/aromatic N) is 3. The van der Waals surface area contributed by atoms with Crippen LogP contribution in [0.2, 0.25) is 0 Å². The number of hydrogen-bond donors (Lipinski definition) is 0. The molecule has 1 aliphatic rings. The van der Waals surface area contributed by atoms with E-state index in [1.54, 1.807) is 23.9 Å². The van der Waals surface area contributed by atoms with Crippen molar-refractivity contribution in [1.29, 1.82) is 0 Å². The molecule has 1 fully saturated rings. The molecule has 1 aliphatic carbocycles. The van der Waals surface area contributed by atoms with Gasteiger partial charge in [-0.3, -0.25) is 9.36 Å². The Morgan fingerprint density at radius 1 is 1.07 bits per heavy atom. The lowest BCUT2D eigenvalue weighted by Gasteiger charge is -2.09. The van der Waals surface area contributed by atoms with Gasteiger partial charge >= 0.3 is 0 Å². The summed E-state index contributed by atoms with van der Waals surface area (Å²) in [7, 11) is 0. The lowest BCUT2D eigenvalue weighted by Crippen LogP contribution is -2.02. The largest absolute Gasteiger partial charge is 0.294 e. The molecule has 0 unspecified atom stereocenters. The van der Waals surface area contributed by atoms with Crippen LogP contribution in [0.3, 0.4) is 0 Å². The molecule has 0 atom stereocenters. The molecule has 0 N–H and O–H groups in total. The van der Waals surface area contributed by atoms with Crippen LogP contribution in [0, 0.1) is 5.82 Å². The first-order valence-electron chi connectivity index (χ1n) is 9.14. The molecular formula is C21H20FN3OS. The number of thioether (sulfide) groups is 1. The molecule has 4 rings (SSSR count). The van der Waals surface area contributed by atoms with Crippen LogP contribution in [0.5, 0.6) is 0 Å². The second-order valence-electron chi connectivity index (χ2n) is 6.67. The summed E-state index contributed by atoms with van der Waals surface area (Å²) in [6.07, 6.45) is 3.51. The zero-order valence-corrected chi connectivity index (χ0v) is 15.7. The number of benzene rings is 2. The smallest absolute Gasteiger partial charge is 0.195 e. The third-order valence-electron chi connectivity index (χ3n) is 4.56. The van der Waals surface area contributed by atoms with Crippen molar-refractivity contribution in [3.8, 4) is 5.69 Å². The van der Waals surface area contributed by atoms with Gasteiger partial charge in [0.25, 0.3) is 0 Å². The molecule has 0 aliphatic heterocycles. The molecule has 1 heterocycles. The summed E-state index contributed by atoms with van der Waals surface area (Å²) in [6, 6.07) is 15.9. The number of aromatic nitrogens is 3. The molecule has 0 bridgehead atoms. The van der Waals surface area contributed by atoms with Gasteiger partial charge in [0.15, 0.2) is 10.9 Å². The van der Waals surface area contributed by atoms with E-state index in [0.717, 1.165) is 28.8 Å². The fraction of sp³-hybridized carbons (Fsp3) is 0.286. The quantitative estimate of drug-likeness (QED) is 0.312. The van der Waals surface area contributed by atoms with Gasteiger partial charge < -0.3 is 0 Å². The van der Waals surface area contributed by atoms with E-state index in [1.807, 2.05) is 18.2 Å². The summed E-state index contributed by atoms with van der Waals surface area (Å²) in [6.45, 7) is 0. The summed E-state index contributed by atoms with van der Waals surface area (Å²) in [5.74, 6) is 2.04. The molecule has 6 heteroatoms. The van der Waals surface area contributed by atoms with Gasteiger partial charge in [-0.1, -0.05) is 30.0 Å². The van der Waals surface area contributed by atoms with Crippen LogP contribution in [-0.4, -0.2) is 26.3 Å². The average Bonchev–Trinajstić information content (AvgIpc) is 3.46. The van der Waals surface area contributed by atoms with E-state index in [-0.39, 0.29) is 11.6 Å². The first kappa shape index (κ1) is 17.9. The van der Waals surface area contributed by atoms with Crippen molar-refractivity contribution in [3.63, 3.8) is 0 Å². The van der Waals surface area contributed by atoms with Crippen molar-refractivity contribution >= 4 is 17.5 Å². The van der Waals surface area contributed by atoms with E-state index < -0.39 is 0 Å². The van der Waals surface area contributed by atoms with E-state index in [4.69, 9.17) is 0 Å². The molecule has 4 nitrogen and oxygen atoms in total. The number of hydrogen-bond acceptors (Lipinski definition) is 4. The lowest BCUT2D eigenvalue weighted by atomic mass is 10.1. The van der Waals surface area contributed by atoms with E-state index in [9.17, 15) is 9.18 Å². The summed E-state index contributed by atoms with van der Waals surface area (Å²) < 4.78 is 15.1. The predicted octanol–water partition coefficient (Wildman–Crippen LogP) is 5.04. The Hall–Kier alpha value is -2.47. The van der Waals surface area contributed by atoms with E-state index in [1.165, 1.54) is 25.0 Å². The van der Waals surface area contributed by atoms with Gasteiger partial charge in [-0.05, 0) is 55.7 Å². The summed E-state index contributed by atoms with van der Waals surface area (Å²) in [5.41, 5.74) is 1.64. The second-order valence-corrected chi connectivity index (χ2v) is 7.73. The number of para-hydroxylation sites is 1. The minimum absolute atomic E-state index is 0.0406. The Morgan fingerprint density at radius 2 is 1.81 bits per heavy atom. The number of rotatable bonds is 8. The highest BCUT2D eigenvalue weighted by Crippen LogP contribution is 2.41. The first-order chi connectivity index (χ1) is 13.2. The van der Waals surface area contributed by atoms with Crippen molar-refractivity contribution in [2.45, 2.75) is 36.8 Å². The number of Topliss-reactive ketones (excluding diaryl/α,β-unsaturated/α-hetero) is 1. The van der Waals surface area contributed by atoms with E-state index in [2.05, 4.69) is 26.9 Å². The average molecular weight is 381 g/mol. The third-order valence-corrected chi connectivity index (χ3v) is 5.58. The lowest BCUT2D eigenvalue weighted by molar-refractivity contribution is 0.0982. The minimum atomic E-state index is -0.325. The molecule has 138 valence electrons. The SMILES string of the molecule is O=C(CCCSc1nnc(C2CC2)n1-c1ccccc1)c1ccc(F)cc1. The molecule has 0 spiro atoms. The highest BCUT2D eigenvalue weighted by molar-refractivity contribution is 7.99. The fourth-order valence-corrected chi connectivity index (χ4v) is 3.87. The second kappa shape index (κ2) is 8.05. The van der Waals surface area contributed by atoms with Gasteiger partial charge in [0.1, 0.15) is 11.6 Å². The third kappa shape index (κ3) is 4.27. The summed E-state index contributed by atoms with van der Waals surface area (Å²) >= 11 is 1.62. The molecule has 2 aromatic carbocycles. The minimum Gasteiger partial charge on any atom is -0.294 e. The molecule has 1 saturated carbocycles. The van der Waals surface area contributed by atoms with Crippen molar-refractivity contribution < 1.29 is 9.18 Å². The van der Waals surface area contributed by atoms with Gasteiger partial charge in [0, 0.05) is 29.3 Å². The number of carbonyl (C=O) groups is 1. The van der Waals surface area contributed by atoms with Crippen LogP contribution in [0.1, 0.15) is 47.8 Å². The molecule has 1 aromatic heterocycles. The summed E-state index contributed by atoms with van der Waals surface area (Å²) in [5, 5.41) is 9.67. The highest BCUT2D eigenvalue weighted by Gasteiger charge is 2.30. The van der Waals surface area contributed by atoms with Gasteiger partial charge in [-0.15, -0.1) is 10.2 Å². The predicted molar refractivity (Wildman–Crippen MR) is 104 cm³/mol. The van der Waals surface area contributed by atoms with Crippen LogP contribution < -0.4 is 0 Å². The molecular weight excluding hydrogens is 361 g/mol. The number of halogens is 1. The first-order valence-corrected chi connectivity index (χ1v) is 10.1. The van der Waals surface area contributed by atoms with Crippen molar-refractivity contribution in [1.82, 2.24) is 14.8 Å². The maximum absolute atomic E-state index is 13.0. The van der Waals surface area contributed by atoms with Crippen LogP contribution in [-0.2, 0) is 0 Å². The number of carbonyl (C=O) groups excluding carboxylic acids is 1. The molecule has 0 amide bonds. The maximum atomic E-state index is 13.0. The molecule has 0 saturated heterocycles. The van der Waals surface area contributed by atoms with Crippen LogP contribution in [0.4, 0.5) is 4.39 Å². The Morgan fingerprint density at radius 3 is 2.52 bits per heavy atom. The van der Waals surface area contributed by atoms with Crippen LogP contribution >= 0.6 is 11.8 Å². The Bertz CT molecular complexity index is 920. The highest BCUT2D eigenvalue weighted by atomic mass is 32.2. The Balaban J connectivity index is 1.39. The monoisotopic (exact) mass is 381 g/mol. The maximum Gasteiger partial charge on any atom is 0.195 e. The zero-order valence-electron chi connectivity index (χ0n) is 14.8. The normalized spacial score (nSPS) is 13.7. The van der Waals surface area contributed by atoms with Crippen LogP contribution in [0.25, 0.3) is 5.69 Å². The number of ketones is 1. The van der Waals surface area contributed by atoms with Gasteiger partial charge in [-0.25, -0.2) is 4.39 Å². The molecule has 0 radical (unpaired) electrons.